The topological polar surface area (TPSA) is 120 Å². The van der Waals surface area contributed by atoms with Crippen LogP contribution in [0, 0.1) is 0 Å². The summed E-state index contributed by atoms with van der Waals surface area (Å²) in [6, 6.07) is 12.7. The molecule has 2 aromatic rings. The van der Waals surface area contributed by atoms with Crippen LogP contribution < -0.4 is 25.2 Å². The minimum atomic E-state index is -3.72. The highest BCUT2D eigenvalue weighted by atomic mass is 32.2. The van der Waals surface area contributed by atoms with E-state index in [1.807, 2.05) is 19.1 Å². The first kappa shape index (κ1) is 19.5. The molecule has 0 bridgehead atoms. The number of para-hydroxylation sites is 2. The van der Waals surface area contributed by atoms with Gasteiger partial charge in [-0.15, -0.1) is 0 Å². The van der Waals surface area contributed by atoms with Crippen LogP contribution in [0.1, 0.15) is 12.5 Å². The Labute approximate surface area is 152 Å². The zero-order valence-electron chi connectivity index (χ0n) is 14.3. The third kappa shape index (κ3) is 5.94. The van der Waals surface area contributed by atoms with E-state index in [9.17, 15) is 13.2 Å². The van der Waals surface area contributed by atoms with Crippen molar-refractivity contribution in [2.75, 3.05) is 13.3 Å². The number of amides is 2. The maximum absolute atomic E-state index is 11.8. The van der Waals surface area contributed by atoms with Gasteiger partial charge in [-0.2, -0.15) is 0 Å². The molecule has 0 spiro atoms. The van der Waals surface area contributed by atoms with E-state index in [0.29, 0.717) is 18.1 Å². The third-order valence-electron chi connectivity index (χ3n) is 3.31. The van der Waals surface area contributed by atoms with Crippen LogP contribution >= 0.6 is 0 Å². The average molecular weight is 379 g/mol. The van der Waals surface area contributed by atoms with Gasteiger partial charge >= 0.3 is 6.03 Å². The number of rotatable bonds is 8. The molecule has 0 radical (unpaired) electrons. The number of carbonyl (C=O) groups is 1. The molecular formula is C17H21N3O5S. The Hall–Kier alpha value is -2.78. The van der Waals surface area contributed by atoms with Gasteiger partial charge in [0.25, 0.3) is 0 Å². The van der Waals surface area contributed by atoms with E-state index in [1.165, 1.54) is 12.1 Å². The van der Waals surface area contributed by atoms with Crippen LogP contribution in [0.2, 0.25) is 0 Å². The number of hydrogen-bond donors (Lipinski definition) is 3. The highest BCUT2D eigenvalue weighted by molar-refractivity contribution is 7.89. The molecule has 0 saturated heterocycles. The fraction of sp³-hybridized carbons (Fsp3) is 0.235. The summed E-state index contributed by atoms with van der Waals surface area (Å²) in [6.07, 6.45) is 0. The second-order valence-electron chi connectivity index (χ2n) is 5.22. The molecule has 0 saturated carbocycles. The highest BCUT2D eigenvalue weighted by Gasteiger charge is 2.08. The number of nitrogens with two attached hydrogens (primary N) is 1. The van der Waals surface area contributed by atoms with Crippen molar-refractivity contribution < 1.29 is 22.7 Å². The Balaban J connectivity index is 1.77. The summed E-state index contributed by atoms with van der Waals surface area (Å²) in [5, 5.41) is 10.2. The largest absolute Gasteiger partial charge is 0.490 e. The van der Waals surface area contributed by atoms with Gasteiger partial charge in [-0.3, -0.25) is 0 Å². The maximum atomic E-state index is 11.8. The van der Waals surface area contributed by atoms with E-state index in [4.69, 9.17) is 14.6 Å². The second kappa shape index (κ2) is 9.07. The molecular weight excluding hydrogens is 358 g/mol. The predicted octanol–water partition coefficient (Wildman–Crippen LogP) is 1.57. The van der Waals surface area contributed by atoms with Gasteiger partial charge in [0.15, 0.2) is 18.2 Å². The standard InChI is InChI=1S/C17H21N3O5S/c1-2-24-15-5-3-4-6-16(15)25-12-20-17(21)19-11-13-7-9-14(10-8-13)26(18,22)23/h3-10H,2,11-12H2,1H3,(H2,18,22,23)(H2,19,20,21). The van der Waals surface area contributed by atoms with Crippen LogP contribution in [0.3, 0.4) is 0 Å². The Bertz CT molecular complexity index is 838. The van der Waals surface area contributed by atoms with Crippen molar-refractivity contribution in [3.8, 4) is 11.5 Å². The first-order valence-electron chi connectivity index (χ1n) is 7.88. The Morgan fingerprint density at radius 2 is 1.62 bits per heavy atom. The molecule has 2 amide bonds. The molecule has 2 aromatic carbocycles. The van der Waals surface area contributed by atoms with Crippen LogP contribution in [0.5, 0.6) is 11.5 Å². The Morgan fingerprint density at radius 3 is 2.19 bits per heavy atom. The van der Waals surface area contributed by atoms with Crippen LogP contribution in [0.15, 0.2) is 53.4 Å². The lowest BCUT2D eigenvalue weighted by Crippen LogP contribution is -2.37. The van der Waals surface area contributed by atoms with Crippen molar-refractivity contribution in [1.29, 1.82) is 0 Å². The number of sulfonamides is 1. The monoisotopic (exact) mass is 379 g/mol. The molecule has 8 nitrogen and oxygen atoms in total. The lowest BCUT2D eigenvalue weighted by molar-refractivity contribution is 0.219. The van der Waals surface area contributed by atoms with Crippen LogP contribution in [-0.4, -0.2) is 27.8 Å². The van der Waals surface area contributed by atoms with E-state index in [2.05, 4.69) is 10.6 Å². The van der Waals surface area contributed by atoms with Gasteiger partial charge in [-0.25, -0.2) is 18.4 Å². The Kier molecular flexibility index (Phi) is 6.81. The highest BCUT2D eigenvalue weighted by Crippen LogP contribution is 2.25. The number of benzene rings is 2. The SMILES string of the molecule is CCOc1ccccc1OCNC(=O)NCc1ccc(S(N)(=O)=O)cc1. The molecule has 9 heteroatoms. The molecule has 0 aromatic heterocycles. The first-order chi connectivity index (χ1) is 12.4. The molecule has 0 heterocycles. The Morgan fingerprint density at radius 1 is 1.00 bits per heavy atom. The minimum Gasteiger partial charge on any atom is -0.490 e. The predicted molar refractivity (Wildman–Crippen MR) is 96.3 cm³/mol. The zero-order valence-corrected chi connectivity index (χ0v) is 15.1. The van der Waals surface area contributed by atoms with Gasteiger partial charge in [-0.1, -0.05) is 24.3 Å². The van der Waals surface area contributed by atoms with Crippen LogP contribution in [0.4, 0.5) is 4.79 Å². The van der Waals surface area contributed by atoms with E-state index < -0.39 is 16.1 Å². The first-order valence-corrected chi connectivity index (χ1v) is 9.43. The summed E-state index contributed by atoms with van der Waals surface area (Å²) in [5.74, 6) is 1.14. The molecule has 140 valence electrons. The van der Waals surface area contributed by atoms with Gasteiger partial charge in [0.2, 0.25) is 10.0 Å². The van der Waals surface area contributed by atoms with E-state index in [-0.39, 0.29) is 18.2 Å². The number of nitrogens with one attached hydrogen (secondary N) is 2. The quantitative estimate of drug-likeness (QED) is 0.601. The van der Waals surface area contributed by atoms with Crippen molar-refractivity contribution in [2.24, 2.45) is 5.14 Å². The lowest BCUT2D eigenvalue weighted by atomic mass is 10.2. The van der Waals surface area contributed by atoms with E-state index in [1.54, 1.807) is 24.3 Å². The van der Waals surface area contributed by atoms with Gasteiger partial charge in [0.05, 0.1) is 11.5 Å². The second-order valence-corrected chi connectivity index (χ2v) is 6.78. The summed E-state index contributed by atoms with van der Waals surface area (Å²) in [5.41, 5.74) is 0.732. The normalized spacial score (nSPS) is 10.8. The van der Waals surface area contributed by atoms with E-state index >= 15 is 0 Å². The summed E-state index contributed by atoms with van der Waals surface area (Å²) in [6.45, 7) is 2.59. The minimum absolute atomic E-state index is 0.0204. The van der Waals surface area contributed by atoms with Crippen molar-refractivity contribution in [2.45, 2.75) is 18.4 Å². The number of hydrogen-bond acceptors (Lipinski definition) is 5. The molecule has 0 aliphatic carbocycles. The molecule has 0 aliphatic rings. The summed E-state index contributed by atoms with van der Waals surface area (Å²) < 4.78 is 33.3. The number of primary sulfonamides is 1. The van der Waals surface area contributed by atoms with E-state index in [0.717, 1.165) is 5.56 Å². The molecule has 4 N–H and O–H groups in total. The van der Waals surface area contributed by atoms with Gasteiger partial charge in [0, 0.05) is 6.54 Å². The number of urea groups is 1. The molecule has 0 unspecified atom stereocenters. The fourth-order valence-electron chi connectivity index (χ4n) is 2.07. The van der Waals surface area contributed by atoms with Crippen LogP contribution in [0.25, 0.3) is 0 Å². The van der Waals surface area contributed by atoms with Gasteiger partial charge in [0.1, 0.15) is 0 Å². The van der Waals surface area contributed by atoms with Crippen molar-refractivity contribution in [3.05, 3.63) is 54.1 Å². The van der Waals surface area contributed by atoms with Crippen molar-refractivity contribution in [3.63, 3.8) is 0 Å². The molecule has 0 fully saturated rings. The third-order valence-corrected chi connectivity index (χ3v) is 4.24. The molecule has 0 atom stereocenters. The lowest BCUT2D eigenvalue weighted by Gasteiger charge is -2.12. The number of carbonyl (C=O) groups excluding carboxylic acids is 1. The van der Waals surface area contributed by atoms with Gasteiger partial charge < -0.3 is 20.1 Å². The van der Waals surface area contributed by atoms with Crippen LogP contribution in [-0.2, 0) is 16.6 Å². The fourth-order valence-corrected chi connectivity index (χ4v) is 2.58. The van der Waals surface area contributed by atoms with Crippen molar-refractivity contribution >= 4 is 16.1 Å². The average Bonchev–Trinajstić information content (AvgIpc) is 2.61. The smallest absolute Gasteiger partial charge is 0.317 e. The molecule has 26 heavy (non-hydrogen) atoms. The summed E-state index contributed by atoms with van der Waals surface area (Å²) in [7, 11) is -3.72. The summed E-state index contributed by atoms with van der Waals surface area (Å²) >= 11 is 0. The van der Waals surface area contributed by atoms with Gasteiger partial charge in [-0.05, 0) is 36.8 Å². The maximum Gasteiger partial charge on any atom is 0.317 e. The van der Waals surface area contributed by atoms with Crippen molar-refractivity contribution in [1.82, 2.24) is 10.6 Å². The molecule has 2 rings (SSSR count). The zero-order chi connectivity index (χ0) is 19.0. The molecule has 0 aliphatic heterocycles. The number of ether oxygens (including phenoxy) is 2. The summed E-state index contributed by atoms with van der Waals surface area (Å²) in [4.78, 5) is 11.8.